The van der Waals surface area contributed by atoms with Crippen molar-refractivity contribution in [1.29, 1.82) is 0 Å². The second kappa shape index (κ2) is 9.82. The average molecular weight is 422 g/mol. The Morgan fingerprint density at radius 3 is 1.76 bits per heavy atom. The Bertz CT molecular complexity index is 497. The number of hydrogen-bond acceptors (Lipinski definition) is 10. The lowest BCUT2D eigenvalue weighted by atomic mass is 9.99. The standard InChI is InChI=1S/C19H34O10/c1-8-17(23)13(24-4)7-16(26-8)29-19-10(3)27-15(6-12(19)21)28-18-9(2)25-14(22)5-11(18)20/h8-23H,5-7H2,1-4H3/t8-,9-,10-,11+,12+,13-,14-,15+,16+,17-,18-,19-/m1/s1. The van der Waals surface area contributed by atoms with Crippen LogP contribution in [-0.4, -0.2) is 101 Å². The minimum absolute atomic E-state index is 0.0509. The van der Waals surface area contributed by atoms with Crippen molar-refractivity contribution < 1.29 is 48.8 Å². The number of methoxy groups -OCH3 is 1. The highest BCUT2D eigenvalue weighted by molar-refractivity contribution is 4.87. The molecule has 170 valence electrons. The Morgan fingerprint density at radius 2 is 1.21 bits per heavy atom. The normalized spacial score (nSPS) is 51.7. The predicted octanol–water partition coefficient (Wildman–Crippen LogP) is -0.748. The highest BCUT2D eigenvalue weighted by atomic mass is 16.7. The molecule has 0 aromatic rings. The summed E-state index contributed by atoms with van der Waals surface area (Å²) in [6.07, 6.45) is -7.62. The van der Waals surface area contributed by atoms with Gasteiger partial charge in [-0.2, -0.15) is 0 Å². The van der Waals surface area contributed by atoms with Crippen molar-refractivity contribution in [3.63, 3.8) is 0 Å². The van der Waals surface area contributed by atoms with E-state index in [4.69, 9.17) is 28.4 Å². The van der Waals surface area contributed by atoms with Crippen LogP contribution in [0.4, 0.5) is 0 Å². The molecule has 3 heterocycles. The van der Waals surface area contributed by atoms with Crippen molar-refractivity contribution in [2.24, 2.45) is 0 Å². The van der Waals surface area contributed by atoms with Gasteiger partial charge in [0.1, 0.15) is 18.3 Å². The first kappa shape index (κ1) is 23.3. The summed E-state index contributed by atoms with van der Waals surface area (Å²) in [4.78, 5) is 0. The van der Waals surface area contributed by atoms with Crippen LogP contribution in [0.25, 0.3) is 0 Å². The van der Waals surface area contributed by atoms with E-state index in [0.717, 1.165) is 0 Å². The van der Waals surface area contributed by atoms with Crippen LogP contribution in [0.2, 0.25) is 0 Å². The molecule has 0 aromatic carbocycles. The number of rotatable bonds is 5. The highest BCUT2D eigenvalue weighted by Gasteiger charge is 2.44. The van der Waals surface area contributed by atoms with Crippen LogP contribution in [0.5, 0.6) is 0 Å². The van der Waals surface area contributed by atoms with Crippen LogP contribution in [0.3, 0.4) is 0 Å². The molecular weight excluding hydrogens is 388 g/mol. The molecule has 0 aliphatic carbocycles. The Balaban J connectivity index is 1.55. The molecule has 0 bridgehead atoms. The van der Waals surface area contributed by atoms with E-state index >= 15 is 0 Å². The summed E-state index contributed by atoms with van der Waals surface area (Å²) in [5, 5.41) is 40.4. The number of aliphatic hydroxyl groups excluding tert-OH is 4. The quantitative estimate of drug-likeness (QED) is 0.448. The second-order valence-corrected chi connectivity index (χ2v) is 8.15. The lowest BCUT2D eigenvalue weighted by Gasteiger charge is -2.44. The minimum Gasteiger partial charge on any atom is -0.390 e. The predicted molar refractivity (Wildman–Crippen MR) is 97.6 cm³/mol. The van der Waals surface area contributed by atoms with Crippen molar-refractivity contribution in [1.82, 2.24) is 0 Å². The van der Waals surface area contributed by atoms with Crippen LogP contribution >= 0.6 is 0 Å². The molecule has 12 atom stereocenters. The average Bonchev–Trinajstić information content (AvgIpc) is 2.64. The van der Waals surface area contributed by atoms with E-state index in [2.05, 4.69) is 0 Å². The molecule has 0 amide bonds. The van der Waals surface area contributed by atoms with Gasteiger partial charge in [0.15, 0.2) is 18.9 Å². The fourth-order valence-corrected chi connectivity index (χ4v) is 4.22. The van der Waals surface area contributed by atoms with Crippen LogP contribution in [0.1, 0.15) is 40.0 Å². The summed E-state index contributed by atoms with van der Waals surface area (Å²) in [5.74, 6) is 0. The van der Waals surface area contributed by atoms with Crippen LogP contribution in [0.15, 0.2) is 0 Å². The zero-order valence-corrected chi connectivity index (χ0v) is 17.3. The topological polar surface area (TPSA) is 136 Å². The summed E-state index contributed by atoms with van der Waals surface area (Å²) < 4.78 is 34.0. The fraction of sp³-hybridized carbons (Fsp3) is 1.00. The first-order valence-electron chi connectivity index (χ1n) is 10.2. The lowest BCUT2D eigenvalue weighted by molar-refractivity contribution is -0.332. The van der Waals surface area contributed by atoms with E-state index in [-0.39, 0.29) is 12.8 Å². The molecule has 3 fully saturated rings. The molecule has 10 heteroatoms. The van der Waals surface area contributed by atoms with Crippen molar-refractivity contribution >= 4 is 0 Å². The fourth-order valence-electron chi connectivity index (χ4n) is 4.22. The van der Waals surface area contributed by atoms with Crippen LogP contribution in [-0.2, 0) is 28.4 Å². The monoisotopic (exact) mass is 422 g/mol. The molecule has 4 N–H and O–H groups in total. The third-order valence-electron chi connectivity index (χ3n) is 5.87. The number of aliphatic hydroxyl groups is 4. The smallest absolute Gasteiger partial charge is 0.161 e. The molecule has 0 spiro atoms. The third kappa shape index (κ3) is 5.45. The highest BCUT2D eigenvalue weighted by Crippen LogP contribution is 2.31. The SMILES string of the molecule is CO[C@@H]1C[C@H](O[C@H]2[C@@H](O)C[C@H](O[C@H]3[C@@H](O)C[C@H](O)O[C@@H]3C)O[C@@H]2C)O[C@H](C)[C@H]1O. The molecular formula is C19H34O10. The van der Waals surface area contributed by atoms with Gasteiger partial charge in [-0.05, 0) is 20.8 Å². The summed E-state index contributed by atoms with van der Waals surface area (Å²) in [7, 11) is 1.52. The van der Waals surface area contributed by atoms with E-state index in [9.17, 15) is 20.4 Å². The van der Waals surface area contributed by atoms with E-state index in [0.29, 0.717) is 6.42 Å². The molecule has 3 rings (SSSR count). The maximum absolute atomic E-state index is 10.6. The van der Waals surface area contributed by atoms with E-state index in [1.807, 2.05) is 0 Å². The zero-order chi connectivity index (χ0) is 21.3. The second-order valence-electron chi connectivity index (χ2n) is 8.15. The van der Waals surface area contributed by atoms with Crippen molar-refractivity contribution in [3.05, 3.63) is 0 Å². The van der Waals surface area contributed by atoms with Crippen LogP contribution < -0.4 is 0 Å². The van der Waals surface area contributed by atoms with Gasteiger partial charge in [0.2, 0.25) is 0 Å². The molecule has 10 nitrogen and oxygen atoms in total. The van der Waals surface area contributed by atoms with Crippen molar-refractivity contribution in [2.75, 3.05) is 7.11 Å². The van der Waals surface area contributed by atoms with E-state index in [1.54, 1.807) is 20.8 Å². The molecule has 0 unspecified atom stereocenters. The number of ether oxygens (including phenoxy) is 6. The molecule has 3 aliphatic heterocycles. The summed E-state index contributed by atoms with van der Waals surface area (Å²) in [6.45, 7) is 5.20. The molecule has 0 saturated carbocycles. The Kier molecular flexibility index (Phi) is 7.88. The maximum Gasteiger partial charge on any atom is 0.161 e. The van der Waals surface area contributed by atoms with Gasteiger partial charge >= 0.3 is 0 Å². The zero-order valence-electron chi connectivity index (χ0n) is 17.3. The Morgan fingerprint density at radius 1 is 0.690 bits per heavy atom. The molecule has 3 aliphatic rings. The molecule has 0 aromatic heterocycles. The van der Waals surface area contributed by atoms with E-state index in [1.165, 1.54) is 7.11 Å². The summed E-state index contributed by atoms with van der Waals surface area (Å²) in [5.41, 5.74) is 0. The van der Waals surface area contributed by atoms with Crippen molar-refractivity contribution in [3.8, 4) is 0 Å². The van der Waals surface area contributed by atoms with Gasteiger partial charge in [-0.15, -0.1) is 0 Å². The lowest BCUT2D eigenvalue weighted by Crippen LogP contribution is -2.56. The van der Waals surface area contributed by atoms with Gasteiger partial charge < -0.3 is 48.8 Å². The van der Waals surface area contributed by atoms with Gasteiger partial charge in [-0.3, -0.25) is 0 Å². The van der Waals surface area contributed by atoms with E-state index < -0.39 is 73.8 Å². The van der Waals surface area contributed by atoms with Gasteiger partial charge in [0.25, 0.3) is 0 Å². The number of hydrogen-bond donors (Lipinski definition) is 4. The first-order valence-corrected chi connectivity index (χ1v) is 10.2. The minimum atomic E-state index is -1.03. The van der Waals surface area contributed by atoms with Gasteiger partial charge in [-0.1, -0.05) is 0 Å². The Hall–Kier alpha value is -0.400. The van der Waals surface area contributed by atoms with Crippen molar-refractivity contribution in [2.45, 2.75) is 114 Å². The van der Waals surface area contributed by atoms with Gasteiger partial charge in [0.05, 0.1) is 36.6 Å². The molecule has 3 saturated heterocycles. The summed E-state index contributed by atoms with van der Waals surface area (Å²) in [6, 6.07) is 0. The Labute approximate surface area is 170 Å². The first-order chi connectivity index (χ1) is 13.7. The van der Waals surface area contributed by atoms with Crippen LogP contribution in [0, 0.1) is 0 Å². The molecule has 29 heavy (non-hydrogen) atoms. The third-order valence-corrected chi connectivity index (χ3v) is 5.87. The van der Waals surface area contributed by atoms with Gasteiger partial charge in [0, 0.05) is 26.4 Å². The molecule has 0 radical (unpaired) electrons. The summed E-state index contributed by atoms with van der Waals surface area (Å²) >= 11 is 0. The largest absolute Gasteiger partial charge is 0.390 e. The maximum atomic E-state index is 10.6. The van der Waals surface area contributed by atoms with Gasteiger partial charge in [-0.25, -0.2) is 0 Å².